The minimum absolute atomic E-state index is 0.0685. The van der Waals surface area contributed by atoms with Crippen LogP contribution >= 0.6 is 11.6 Å². The summed E-state index contributed by atoms with van der Waals surface area (Å²) in [6.45, 7) is 2.65. The number of carboxylic acids is 1. The average molecular weight is 588 g/mol. The van der Waals surface area contributed by atoms with Crippen LogP contribution in [0.25, 0.3) is 6.08 Å². The quantitative estimate of drug-likeness (QED) is 0.131. The number of aliphatic carboxylic acids is 1. The predicted octanol–water partition coefficient (Wildman–Crippen LogP) is 4.71. The number of fused-ring (bicyclic) bond motifs is 3. The highest BCUT2D eigenvalue weighted by atomic mass is 35.5. The van der Waals surface area contributed by atoms with Crippen LogP contribution in [0.2, 0.25) is 11.3 Å². The molecule has 2 saturated heterocycles. The summed E-state index contributed by atoms with van der Waals surface area (Å²) in [6.07, 6.45) is 6.03. The number of phenolic OH excluding ortho intramolecular Hbond substituents is 1. The number of hydrogen-bond donors (Lipinski definition) is 3. The summed E-state index contributed by atoms with van der Waals surface area (Å²) in [4.78, 5) is 39.2. The number of carboxylic acid groups (broad SMARTS) is 1. The van der Waals surface area contributed by atoms with Gasteiger partial charge in [0.05, 0.1) is 29.6 Å². The molecule has 0 saturated carbocycles. The van der Waals surface area contributed by atoms with E-state index >= 15 is 0 Å². The first-order chi connectivity index (χ1) is 19.6. The number of hydrogen-bond acceptors (Lipinski definition) is 7. The van der Waals surface area contributed by atoms with Crippen molar-refractivity contribution < 1.29 is 39.0 Å². The summed E-state index contributed by atoms with van der Waals surface area (Å²) in [5.74, 6) is -2.50. The third-order valence-electron chi connectivity index (χ3n) is 8.52. The van der Waals surface area contributed by atoms with Gasteiger partial charge in [0, 0.05) is 20.1 Å². The van der Waals surface area contributed by atoms with Crippen LogP contribution < -0.4 is 0 Å². The molecule has 2 amide bonds. The van der Waals surface area contributed by atoms with Crippen molar-refractivity contribution in [3.05, 3.63) is 45.5 Å². The van der Waals surface area contributed by atoms with Crippen LogP contribution in [0.15, 0.2) is 34.9 Å². The number of phenols is 1. The molecule has 4 rings (SSSR count). The third-order valence-corrected chi connectivity index (χ3v) is 8.84. The second-order valence-corrected chi connectivity index (χ2v) is 11.6. The number of carbonyl (C=O) groups excluding carboxylic acids is 2. The first-order valence-electron chi connectivity index (χ1n) is 14.4. The number of nitrogens with zero attached hydrogens (tertiary/aromatic N) is 1. The predicted molar refractivity (Wildman–Crippen MR) is 155 cm³/mol. The van der Waals surface area contributed by atoms with E-state index in [1.165, 1.54) is 11.0 Å². The smallest absolute Gasteiger partial charge is 0.455 e. The summed E-state index contributed by atoms with van der Waals surface area (Å²) < 4.78 is 11.6. The van der Waals surface area contributed by atoms with Gasteiger partial charge in [-0.1, -0.05) is 36.6 Å². The van der Waals surface area contributed by atoms with E-state index < -0.39 is 31.0 Å². The van der Waals surface area contributed by atoms with Crippen LogP contribution in [-0.2, 0) is 23.8 Å². The molecule has 2 heterocycles. The SMILES string of the molecule is CC/C(=C\c1ccc(O)cc1Cl)CC[C@H]1OB(O)C[C@H]2C1=C(COC)C[C@H]1C(=O)N(CCCCCC(=O)O)C(=O)[C@H]12. The molecule has 2 fully saturated rings. The van der Waals surface area contributed by atoms with E-state index in [2.05, 4.69) is 6.92 Å². The van der Waals surface area contributed by atoms with Gasteiger partial charge in [0.1, 0.15) is 5.75 Å². The van der Waals surface area contributed by atoms with Crippen molar-refractivity contribution >= 4 is 42.6 Å². The van der Waals surface area contributed by atoms with E-state index in [4.69, 9.17) is 26.1 Å². The van der Waals surface area contributed by atoms with Crippen molar-refractivity contribution in [2.45, 2.75) is 70.7 Å². The van der Waals surface area contributed by atoms with Gasteiger partial charge in [-0.25, -0.2) is 0 Å². The van der Waals surface area contributed by atoms with Crippen molar-refractivity contribution in [3.63, 3.8) is 0 Å². The Morgan fingerprint density at radius 1 is 1.20 bits per heavy atom. The number of methoxy groups -OCH3 is 1. The molecule has 1 aromatic carbocycles. The number of benzene rings is 1. The van der Waals surface area contributed by atoms with Gasteiger partial charge in [-0.3, -0.25) is 19.3 Å². The number of aromatic hydroxyl groups is 1. The second-order valence-electron chi connectivity index (χ2n) is 11.2. The van der Waals surface area contributed by atoms with Gasteiger partial charge in [-0.2, -0.15) is 0 Å². The molecule has 0 radical (unpaired) electrons. The van der Waals surface area contributed by atoms with Gasteiger partial charge < -0.3 is 24.6 Å². The van der Waals surface area contributed by atoms with E-state index in [0.29, 0.717) is 50.2 Å². The standard InChI is InChI=1S/C30H39BClNO8/c1-3-18(13-19-9-10-21(34)15-24(19)32)8-11-25-27-20(17-40-2)14-22-28(23(27)16-31(39)41-25)30(38)33(29(22)37)12-6-4-5-7-26(35)36/h9-10,13,15,22-23,25,28,34,39H,3-8,11-12,14,16-17H2,1-2H3,(H,35,36)/b18-13+/t22-,23+,25-,28-/m1/s1. The Bertz CT molecular complexity index is 1220. The normalized spacial score (nSPS) is 24.6. The molecule has 4 atom stereocenters. The first kappa shape index (κ1) is 31.3. The number of amides is 2. The summed E-state index contributed by atoms with van der Waals surface area (Å²) in [5.41, 5.74) is 3.87. The number of likely N-dealkylation sites (tertiary alicyclic amines) is 1. The van der Waals surface area contributed by atoms with Crippen molar-refractivity contribution in [3.8, 4) is 5.75 Å². The Labute approximate surface area is 246 Å². The number of ether oxygens (including phenoxy) is 1. The lowest BCUT2D eigenvalue weighted by atomic mass is 9.58. The highest BCUT2D eigenvalue weighted by Gasteiger charge is 2.57. The minimum Gasteiger partial charge on any atom is -0.508 e. The molecule has 222 valence electrons. The maximum Gasteiger partial charge on any atom is 0.455 e. The summed E-state index contributed by atoms with van der Waals surface area (Å²) in [7, 11) is 0.553. The molecule has 0 spiro atoms. The second kappa shape index (κ2) is 14.0. The lowest BCUT2D eigenvalue weighted by Crippen LogP contribution is -2.46. The Morgan fingerprint density at radius 3 is 2.66 bits per heavy atom. The van der Waals surface area contributed by atoms with E-state index in [-0.39, 0.29) is 42.8 Å². The highest BCUT2D eigenvalue weighted by Crippen LogP contribution is 2.50. The Morgan fingerprint density at radius 2 is 1.98 bits per heavy atom. The number of halogens is 1. The Balaban J connectivity index is 1.53. The molecule has 3 aliphatic rings. The molecule has 0 aromatic heterocycles. The molecular weight excluding hydrogens is 549 g/mol. The van der Waals surface area contributed by atoms with Crippen LogP contribution in [0.4, 0.5) is 0 Å². The van der Waals surface area contributed by atoms with Gasteiger partial charge in [0.2, 0.25) is 11.8 Å². The fourth-order valence-corrected chi connectivity index (χ4v) is 6.83. The molecule has 0 bridgehead atoms. The molecule has 0 unspecified atom stereocenters. The van der Waals surface area contributed by atoms with Gasteiger partial charge in [0.15, 0.2) is 0 Å². The molecule has 11 heteroatoms. The van der Waals surface area contributed by atoms with Gasteiger partial charge in [-0.15, -0.1) is 0 Å². The van der Waals surface area contributed by atoms with E-state index in [0.717, 1.165) is 28.7 Å². The molecule has 1 aromatic rings. The summed E-state index contributed by atoms with van der Waals surface area (Å²) in [5, 5.41) is 29.7. The maximum atomic E-state index is 13.6. The number of rotatable bonds is 13. The zero-order chi connectivity index (χ0) is 29.7. The number of imide groups is 1. The van der Waals surface area contributed by atoms with Crippen molar-refractivity contribution in [2.75, 3.05) is 20.3 Å². The van der Waals surface area contributed by atoms with Gasteiger partial charge in [-0.05, 0) is 85.7 Å². The zero-order valence-corrected chi connectivity index (χ0v) is 24.4. The van der Waals surface area contributed by atoms with Crippen LogP contribution in [0.3, 0.4) is 0 Å². The average Bonchev–Trinajstić information content (AvgIpc) is 3.16. The summed E-state index contributed by atoms with van der Waals surface area (Å²) >= 11 is 6.32. The number of carbonyl (C=O) groups is 3. The van der Waals surface area contributed by atoms with E-state index in [1.54, 1.807) is 19.2 Å². The fraction of sp³-hybridized carbons (Fsp3) is 0.567. The minimum atomic E-state index is -1.05. The maximum absolute atomic E-state index is 13.6. The molecule has 2 aliphatic heterocycles. The molecule has 3 N–H and O–H groups in total. The van der Waals surface area contributed by atoms with Crippen LogP contribution in [0.1, 0.15) is 63.9 Å². The van der Waals surface area contributed by atoms with Crippen molar-refractivity contribution in [2.24, 2.45) is 17.8 Å². The largest absolute Gasteiger partial charge is 0.508 e. The fourth-order valence-electron chi connectivity index (χ4n) is 6.60. The number of allylic oxidation sites excluding steroid dienone is 1. The van der Waals surface area contributed by atoms with Crippen molar-refractivity contribution in [1.29, 1.82) is 0 Å². The molecule has 41 heavy (non-hydrogen) atoms. The highest BCUT2D eigenvalue weighted by molar-refractivity contribution is 6.43. The summed E-state index contributed by atoms with van der Waals surface area (Å²) in [6, 6.07) is 4.87. The van der Waals surface area contributed by atoms with Crippen LogP contribution in [-0.4, -0.2) is 71.4 Å². The molecule has 1 aliphatic carbocycles. The first-order valence-corrected chi connectivity index (χ1v) is 14.8. The van der Waals surface area contributed by atoms with Crippen LogP contribution in [0, 0.1) is 17.8 Å². The van der Waals surface area contributed by atoms with Crippen LogP contribution in [0.5, 0.6) is 5.75 Å². The lowest BCUT2D eigenvalue weighted by molar-refractivity contribution is -0.141. The van der Waals surface area contributed by atoms with Gasteiger partial charge in [0.25, 0.3) is 0 Å². The monoisotopic (exact) mass is 587 g/mol. The topological polar surface area (TPSA) is 134 Å². The van der Waals surface area contributed by atoms with Crippen molar-refractivity contribution in [1.82, 2.24) is 4.90 Å². The Kier molecular flexibility index (Phi) is 10.7. The Hall–Kier alpha value is -2.66. The van der Waals surface area contributed by atoms with Gasteiger partial charge >= 0.3 is 13.1 Å². The third kappa shape index (κ3) is 7.23. The molecule has 9 nitrogen and oxygen atoms in total. The molecular formula is C30H39BClNO8. The lowest BCUT2D eigenvalue weighted by Gasteiger charge is -2.43. The van der Waals surface area contributed by atoms with E-state index in [1.807, 2.05) is 6.08 Å². The zero-order valence-electron chi connectivity index (χ0n) is 23.7. The number of unbranched alkanes of at least 4 members (excludes halogenated alkanes) is 2. The van der Waals surface area contributed by atoms with E-state index in [9.17, 15) is 24.5 Å².